The van der Waals surface area contributed by atoms with E-state index in [0.29, 0.717) is 49.9 Å². The van der Waals surface area contributed by atoms with Crippen molar-refractivity contribution in [2.24, 2.45) is 5.10 Å². The number of halogens is 2. The normalized spacial score (nSPS) is 11.5. The number of fused-ring (bicyclic) bond motifs is 2. The van der Waals surface area contributed by atoms with Gasteiger partial charge in [-0.1, -0.05) is 41.9 Å². The molecule has 198 valence electrons. The molecule has 6 rings (SSSR count). The van der Waals surface area contributed by atoms with E-state index in [4.69, 9.17) is 30.5 Å². The fraction of sp³-hybridized carbons (Fsp3) is 0.0645. The number of para-hydroxylation sites is 1. The Morgan fingerprint density at radius 3 is 2.65 bits per heavy atom. The highest BCUT2D eigenvalue weighted by molar-refractivity contribution is 6.32. The number of hydrogen-bond donors (Lipinski definition) is 0. The van der Waals surface area contributed by atoms with Crippen molar-refractivity contribution >= 4 is 39.7 Å². The summed E-state index contributed by atoms with van der Waals surface area (Å²) in [5, 5.41) is 5.98. The van der Waals surface area contributed by atoms with Crippen LogP contribution in [0.4, 0.5) is 4.39 Å². The molecular formula is C31H21ClFN3O4. The fourth-order valence-electron chi connectivity index (χ4n) is 4.34. The SMILES string of the molecule is COc1cccc2oc(-c3nc4ccccc4c(=O)n3N=Cc3ccc(OCc4cccc(F)c4)c(Cl)c3)cc12. The Morgan fingerprint density at radius 2 is 1.82 bits per heavy atom. The number of rotatable bonds is 7. The molecule has 0 saturated heterocycles. The van der Waals surface area contributed by atoms with Gasteiger partial charge in [0.2, 0.25) is 5.82 Å². The molecule has 0 aliphatic heterocycles. The average molecular weight is 554 g/mol. The van der Waals surface area contributed by atoms with E-state index in [-0.39, 0.29) is 23.8 Å². The lowest BCUT2D eigenvalue weighted by Gasteiger charge is -2.09. The standard InChI is InChI=1S/C31H21ClFN3O4/c1-38-26-10-5-11-27-23(26)16-29(40-27)30-35-25-9-3-2-8-22(25)31(37)36(30)34-17-19-12-13-28(24(32)15-19)39-18-20-6-4-7-21(33)14-20/h2-17H,18H2,1H3. The van der Waals surface area contributed by atoms with Crippen LogP contribution in [0.1, 0.15) is 11.1 Å². The van der Waals surface area contributed by atoms with Crippen molar-refractivity contribution in [3.05, 3.63) is 123 Å². The topological polar surface area (TPSA) is 78.9 Å². The summed E-state index contributed by atoms with van der Waals surface area (Å²) in [7, 11) is 1.58. The summed E-state index contributed by atoms with van der Waals surface area (Å²) >= 11 is 6.45. The Hall–Kier alpha value is -4.95. The van der Waals surface area contributed by atoms with E-state index in [0.717, 1.165) is 5.39 Å². The van der Waals surface area contributed by atoms with Crippen molar-refractivity contribution in [3.8, 4) is 23.1 Å². The monoisotopic (exact) mass is 553 g/mol. The quantitative estimate of drug-likeness (QED) is 0.198. The minimum absolute atomic E-state index is 0.161. The molecule has 4 aromatic carbocycles. The van der Waals surface area contributed by atoms with Gasteiger partial charge in [-0.05, 0) is 71.8 Å². The molecule has 0 aliphatic rings. The van der Waals surface area contributed by atoms with Gasteiger partial charge in [0.15, 0.2) is 5.76 Å². The number of furan rings is 1. The number of nitrogens with zero attached hydrogens (tertiary/aromatic N) is 3. The summed E-state index contributed by atoms with van der Waals surface area (Å²) in [5.74, 6) is 1.33. The maximum absolute atomic E-state index is 13.5. The Morgan fingerprint density at radius 1 is 0.975 bits per heavy atom. The van der Waals surface area contributed by atoms with Crippen LogP contribution >= 0.6 is 11.6 Å². The molecular weight excluding hydrogens is 533 g/mol. The van der Waals surface area contributed by atoms with Crippen molar-refractivity contribution in [2.75, 3.05) is 7.11 Å². The van der Waals surface area contributed by atoms with E-state index < -0.39 is 0 Å². The molecule has 9 heteroatoms. The third-order valence-corrected chi connectivity index (χ3v) is 6.57. The van der Waals surface area contributed by atoms with Crippen molar-refractivity contribution in [1.29, 1.82) is 0 Å². The van der Waals surface area contributed by atoms with Gasteiger partial charge in [-0.25, -0.2) is 9.37 Å². The number of hydrogen-bond acceptors (Lipinski definition) is 6. The maximum atomic E-state index is 13.5. The Balaban J connectivity index is 1.36. The fourth-order valence-corrected chi connectivity index (χ4v) is 4.58. The first kappa shape index (κ1) is 25.3. The third-order valence-electron chi connectivity index (χ3n) is 6.28. The molecule has 0 atom stereocenters. The van der Waals surface area contributed by atoms with Gasteiger partial charge in [0, 0.05) is 0 Å². The second-order valence-corrected chi connectivity index (χ2v) is 9.31. The van der Waals surface area contributed by atoms with Gasteiger partial charge in [-0.3, -0.25) is 4.79 Å². The Bertz CT molecular complexity index is 1960. The summed E-state index contributed by atoms with van der Waals surface area (Å²) < 4.78 is 31.9. The van der Waals surface area contributed by atoms with Gasteiger partial charge in [-0.15, -0.1) is 0 Å². The van der Waals surface area contributed by atoms with Gasteiger partial charge >= 0.3 is 0 Å². The zero-order chi connectivity index (χ0) is 27.6. The number of ether oxygens (including phenoxy) is 2. The van der Waals surface area contributed by atoms with Crippen LogP contribution in [0.25, 0.3) is 33.5 Å². The van der Waals surface area contributed by atoms with Crippen LogP contribution < -0.4 is 15.0 Å². The molecule has 0 aliphatic carbocycles. The minimum Gasteiger partial charge on any atom is -0.496 e. The van der Waals surface area contributed by atoms with Gasteiger partial charge < -0.3 is 13.9 Å². The van der Waals surface area contributed by atoms with Crippen LogP contribution in [0.3, 0.4) is 0 Å². The van der Waals surface area contributed by atoms with Gasteiger partial charge in [0.25, 0.3) is 5.56 Å². The smallest absolute Gasteiger partial charge is 0.282 e. The molecule has 0 N–H and O–H groups in total. The van der Waals surface area contributed by atoms with Crippen LogP contribution in [-0.2, 0) is 6.61 Å². The molecule has 0 fully saturated rings. The average Bonchev–Trinajstić information content (AvgIpc) is 3.41. The Labute approximate surface area is 232 Å². The molecule has 40 heavy (non-hydrogen) atoms. The lowest BCUT2D eigenvalue weighted by molar-refractivity contribution is 0.306. The summed E-state index contributed by atoms with van der Waals surface area (Å²) in [6.45, 7) is 0.161. The van der Waals surface area contributed by atoms with Crippen LogP contribution in [0, 0.1) is 5.82 Å². The van der Waals surface area contributed by atoms with Crippen molar-refractivity contribution in [1.82, 2.24) is 9.66 Å². The molecule has 0 radical (unpaired) electrons. The van der Waals surface area contributed by atoms with Gasteiger partial charge in [0.05, 0.1) is 34.6 Å². The second kappa shape index (κ2) is 10.7. The largest absolute Gasteiger partial charge is 0.496 e. The zero-order valence-corrected chi connectivity index (χ0v) is 21.9. The first-order chi connectivity index (χ1) is 19.5. The second-order valence-electron chi connectivity index (χ2n) is 8.91. The van der Waals surface area contributed by atoms with Crippen molar-refractivity contribution < 1.29 is 18.3 Å². The lowest BCUT2D eigenvalue weighted by Crippen LogP contribution is -2.20. The molecule has 0 spiro atoms. The Kier molecular flexibility index (Phi) is 6.76. The molecule has 2 heterocycles. The molecule has 0 saturated carbocycles. The minimum atomic E-state index is -0.356. The van der Waals surface area contributed by atoms with Crippen LogP contribution in [0.15, 0.2) is 105 Å². The first-order valence-corrected chi connectivity index (χ1v) is 12.7. The molecule has 7 nitrogen and oxygen atoms in total. The van der Waals surface area contributed by atoms with Crippen LogP contribution in [0.2, 0.25) is 5.02 Å². The molecule has 6 aromatic rings. The van der Waals surface area contributed by atoms with E-state index >= 15 is 0 Å². The molecule has 0 unspecified atom stereocenters. The van der Waals surface area contributed by atoms with Gasteiger partial charge in [-0.2, -0.15) is 9.78 Å². The highest BCUT2D eigenvalue weighted by atomic mass is 35.5. The maximum Gasteiger partial charge on any atom is 0.282 e. The van der Waals surface area contributed by atoms with E-state index in [1.54, 1.807) is 61.7 Å². The van der Waals surface area contributed by atoms with Crippen LogP contribution in [-0.4, -0.2) is 23.0 Å². The van der Waals surface area contributed by atoms with E-state index in [9.17, 15) is 9.18 Å². The van der Waals surface area contributed by atoms with Crippen LogP contribution in [0.5, 0.6) is 11.5 Å². The van der Waals surface area contributed by atoms with E-state index in [1.165, 1.54) is 23.0 Å². The third kappa shape index (κ3) is 4.92. The van der Waals surface area contributed by atoms with Crippen molar-refractivity contribution in [2.45, 2.75) is 6.61 Å². The molecule has 2 aromatic heterocycles. The van der Waals surface area contributed by atoms with E-state index in [2.05, 4.69) is 5.10 Å². The summed E-state index contributed by atoms with van der Waals surface area (Å²) in [5.41, 5.74) is 2.06. The highest BCUT2D eigenvalue weighted by Gasteiger charge is 2.18. The molecule has 0 amide bonds. The number of methoxy groups -OCH3 is 1. The highest BCUT2D eigenvalue weighted by Crippen LogP contribution is 2.33. The predicted molar refractivity (Wildman–Crippen MR) is 153 cm³/mol. The van der Waals surface area contributed by atoms with Crippen molar-refractivity contribution in [3.63, 3.8) is 0 Å². The van der Waals surface area contributed by atoms with E-state index in [1.807, 2.05) is 24.3 Å². The van der Waals surface area contributed by atoms with Gasteiger partial charge in [0.1, 0.15) is 29.5 Å². The first-order valence-electron chi connectivity index (χ1n) is 12.3. The summed E-state index contributed by atoms with van der Waals surface area (Å²) in [4.78, 5) is 18.2. The zero-order valence-electron chi connectivity index (χ0n) is 21.2. The summed E-state index contributed by atoms with van der Waals surface area (Å²) in [6, 6.07) is 25.6. The number of benzene rings is 4. The molecule has 0 bridgehead atoms. The predicted octanol–water partition coefficient (Wildman–Crippen LogP) is 7.07. The lowest BCUT2D eigenvalue weighted by atomic mass is 10.2. The summed E-state index contributed by atoms with van der Waals surface area (Å²) in [6.07, 6.45) is 1.51. The number of aromatic nitrogens is 2.